The van der Waals surface area contributed by atoms with Crippen LogP contribution < -0.4 is 5.73 Å². The molecule has 1 aliphatic heterocycles. The third-order valence-corrected chi connectivity index (χ3v) is 3.08. The van der Waals surface area contributed by atoms with E-state index >= 15 is 0 Å². The zero-order valence-corrected chi connectivity index (χ0v) is 10.1. The number of hydrogen-bond acceptors (Lipinski definition) is 3. The molecule has 1 saturated heterocycles. The number of nitrogens with two attached hydrogens (primary N) is 1. The van der Waals surface area contributed by atoms with Crippen LogP contribution >= 0.6 is 0 Å². The molecule has 0 aromatic carbocycles. The van der Waals surface area contributed by atoms with Gasteiger partial charge in [0.05, 0.1) is 0 Å². The van der Waals surface area contributed by atoms with Crippen LogP contribution in [0.4, 0.5) is 0 Å². The number of rotatable bonds is 3. The summed E-state index contributed by atoms with van der Waals surface area (Å²) in [7, 11) is 2.10. The standard InChI is InChI=1S/C11H23N3O/c1-9(7-12)6-11(15)14-5-4-13(3)8-10(14)2/h9-10H,4-8,12H2,1-3H3. The smallest absolute Gasteiger partial charge is 0.223 e. The van der Waals surface area contributed by atoms with Crippen molar-refractivity contribution in [2.45, 2.75) is 26.3 Å². The van der Waals surface area contributed by atoms with E-state index in [1.54, 1.807) is 0 Å². The van der Waals surface area contributed by atoms with Crippen LogP contribution in [0, 0.1) is 5.92 Å². The van der Waals surface area contributed by atoms with Crippen molar-refractivity contribution in [3.63, 3.8) is 0 Å². The number of amides is 1. The largest absolute Gasteiger partial charge is 0.337 e. The second-order valence-corrected chi connectivity index (χ2v) is 4.74. The van der Waals surface area contributed by atoms with E-state index in [1.807, 2.05) is 11.8 Å². The predicted octanol–water partition coefficient (Wildman–Crippen LogP) is 0.134. The SMILES string of the molecule is CC(CN)CC(=O)N1CCN(C)CC1C. The van der Waals surface area contributed by atoms with Gasteiger partial charge in [0, 0.05) is 32.1 Å². The Balaban J connectivity index is 2.45. The van der Waals surface area contributed by atoms with E-state index in [0.29, 0.717) is 24.9 Å². The zero-order valence-electron chi connectivity index (χ0n) is 10.1. The molecule has 1 aliphatic rings. The highest BCUT2D eigenvalue weighted by atomic mass is 16.2. The number of hydrogen-bond donors (Lipinski definition) is 1. The minimum Gasteiger partial charge on any atom is -0.337 e. The van der Waals surface area contributed by atoms with Gasteiger partial charge in [0.1, 0.15) is 0 Å². The molecule has 2 N–H and O–H groups in total. The number of piperazine rings is 1. The Morgan fingerprint density at radius 2 is 2.20 bits per heavy atom. The lowest BCUT2D eigenvalue weighted by Crippen LogP contribution is -2.53. The van der Waals surface area contributed by atoms with Crippen molar-refractivity contribution in [1.29, 1.82) is 0 Å². The third-order valence-electron chi connectivity index (χ3n) is 3.08. The summed E-state index contributed by atoms with van der Waals surface area (Å²) in [6.45, 7) is 7.54. The summed E-state index contributed by atoms with van der Waals surface area (Å²) in [6, 6.07) is 0.334. The normalized spacial score (nSPS) is 25.3. The maximum absolute atomic E-state index is 11.9. The van der Waals surface area contributed by atoms with Gasteiger partial charge in [0.25, 0.3) is 0 Å². The molecule has 0 radical (unpaired) electrons. The third kappa shape index (κ3) is 3.47. The topological polar surface area (TPSA) is 49.6 Å². The molecule has 1 rings (SSSR count). The van der Waals surface area contributed by atoms with E-state index in [4.69, 9.17) is 5.73 Å². The highest BCUT2D eigenvalue weighted by molar-refractivity contribution is 5.76. The van der Waals surface area contributed by atoms with E-state index in [-0.39, 0.29) is 5.91 Å². The molecule has 1 heterocycles. The molecular weight excluding hydrogens is 190 g/mol. The molecule has 0 saturated carbocycles. The van der Waals surface area contributed by atoms with E-state index in [0.717, 1.165) is 19.6 Å². The van der Waals surface area contributed by atoms with Crippen LogP contribution in [0.1, 0.15) is 20.3 Å². The Hall–Kier alpha value is -0.610. The lowest BCUT2D eigenvalue weighted by molar-refractivity contribution is -0.136. The molecule has 4 heteroatoms. The summed E-state index contributed by atoms with van der Waals surface area (Å²) < 4.78 is 0. The quantitative estimate of drug-likeness (QED) is 0.725. The van der Waals surface area contributed by atoms with Crippen molar-refractivity contribution in [3.05, 3.63) is 0 Å². The molecule has 1 fully saturated rings. The summed E-state index contributed by atoms with van der Waals surface area (Å²) in [5, 5.41) is 0. The summed E-state index contributed by atoms with van der Waals surface area (Å²) in [6.07, 6.45) is 0.588. The molecule has 88 valence electrons. The molecule has 1 amide bonds. The molecule has 0 spiro atoms. The van der Waals surface area contributed by atoms with Gasteiger partial charge >= 0.3 is 0 Å². The summed E-state index contributed by atoms with van der Waals surface area (Å²) in [4.78, 5) is 16.2. The van der Waals surface area contributed by atoms with Crippen LogP contribution in [0.2, 0.25) is 0 Å². The van der Waals surface area contributed by atoms with Gasteiger partial charge in [-0.25, -0.2) is 0 Å². The van der Waals surface area contributed by atoms with Crippen molar-refractivity contribution in [2.75, 3.05) is 33.2 Å². The number of nitrogens with zero attached hydrogens (tertiary/aromatic N) is 2. The lowest BCUT2D eigenvalue weighted by atomic mass is 10.1. The molecule has 0 aliphatic carbocycles. The molecule has 0 bridgehead atoms. The van der Waals surface area contributed by atoms with Crippen molar-refractivity contribution in [1.82, 2.24) is 9.80 Å². The Morgan fingerprint density at radius 1 is 1.53 bits per heavy atom. The summed E-state index contributed by atoms with van der Waals surface area (Å²) >= 11 is 0. The molecule has 4 nitrogen and oxygen atoms in total. The Kier molecular flexibility index (Phi) is 4.54. The van der Waals surface area contributed by atoms with Gasteiger partial charge in [0.15, 0.2) is 0 Å². The van der Waals surface area contributed by atoms with Crippen molar-refractivity contribution in [2.24, 2.45) is 11.7 Å². The van der Waals surface area contributed by atoms with Crippen LogP contribution in [0.3, 0.4) is 0 Å². The average Bonchev–Trinajstić information content (AvgIpc) is 2.17. The van der Waals surface area contributed by atoms with Crippen LogP contribution in [-0.4, -0.2) is 55.0 Å². The highest BCUT2D eigenvalue weighted by Gasteiger charge is 2.25. The number of likely N-dealkylation sites (N-methyl/N-ethyl adjacent to an activating group) is 1. The van der Waals surface area contributed by atoms with Gasteiger partial charge in [-0.05, 0) is 26.4 Å². The van der Waals surface area contributed by atoms with Gasteiger partial charge in [-0.3, -0.25) is 4.79 Å². The number of carbonyl (C=O) groups excluding carboxylic acids is 1. The minimum absolute atomic E-state index is 0.258. The van der Waals surface area contributed by atoms with E-state index in [9.17, 15) is 4.79 Å². The average molecular weight is 213 g/mol. The van der Waals surface area contributed by atoms with Gasteiger partial charge < -0.3 is 15.5 Å². The zero-order chi connectivity index (χ0) is 11.4. The second-order valence-electron chi connectivity index (χ2n) is 4.74. The van der Waals surface area contributed by atoms with Crippen molar-refractivity contribution < 1.29 is 4.79 Å². The number of carbonyl (C=O) groups is 1. The first kappa shape index (κ1) is 12.5. The van der Waals surface area contributed by atoms with Gasteiger partial charge in [-0.1, -0.05) is 6.92 Å². The van der Waals surface area contributed by atoms with Crippen molar-refractivity contribution >= 4 is 5.91 Å². The first-order valence-electron chi connectivity index (χ1n) is 5.72. The first-order valence-corrected chi connectivity index (χ1v) is 5.72. The Labute approximate surface area is 92.4 Å². The van der Waals surface area contributed by atoms with Gasteiger partial charge in [0.2, 0.25) is 5.91 Å². The molecule has 2 unspecified atom stereocenters. The Morgan fingerprint density at radius 3 is 2.73 bits per heavy atom. The molecule has 0 aromatic rings. The van der Waals surface area contributed by atoms with Crippen LogP contribution in [0.5, 0.6) is 0 Å². The predicted molar refractivity (Wildman–Crippen MR) is 61.5 cm³/mol. The van der Waals surface area contributed by atoms with Gasteiger partial charge in [-0.2, -0.15) is 0 Å². The molecule has 15 heavy (non-hydrogen) atoms. The van der Waals surface area contributed by atoms with E-state index in [1.165, 1.54) is 0 Å². The minimum atomic E-state index is 0.258. The summed E-state index contributed by atoms with van der Waals surface area (Å²) in [5.74, 6) is 0.554. The van der Waals surface area contributed by atoms with E-state index < -0.39 is 0 Å². The molecule has 0 aromatic heterocycles. The highest BCUT2D eigenvalue weighted by Crippen LogP contribution is 2.12. The molecular formula is C11H23N3O. The maximum Gasteiger partial charge on any atom is 0.223 e. The lowest BCUT2D eigenvalue weighted by Gasteiger charge is -2.38. The van der Waals surface area contributed by atoms with Gasteiger partial charge in [-0.15, -0.1) is 0 Å². The maximum atomic E-state index is 11.9. The van der Waals surface area contributed by atoms with Crippen LogP contribution in [0.15, 0.2) is 0 Å². The monoisotopic (exact) mass is 213 g/mol. The van der Waals surface area contributed by atoms with E-state index in [2.05, 4.69) is 18.9 Å². The fourth-order valence-corrected chi connectivity index (χ4v) is 2.01. The van der Waals surface area contributed by atoms with Crippen LogP contribution in [-0.2, 0) is 4.79 Å². The fraction of sp³-hybridized carbons (Fsp3) is 0.909. The fourth-order valence-electron chi connectivity index (χ4n) is 2.01. The molecule has 2 atom stereocenters. The second kappa shape index (κ2) is 5.47. The first-order chi connectivity index (χ1) is 7.04. The Bertz CT molecular complexity index is 220. The van der Waals surface area contributed by atoms with Crippen molar-refractivity contribution in [3.8, 4) is 0 Å². The summed E-state index contributed by atoms with van der Waals surface area (Å²) in [5.41, 5.74) is 5.53. The van der Waals surface area contributed by atoms with Crippen LogP contribution in [0.25, 0.3) is 0 Å².